The maximum absolute atomic E-state index is 11.0. The van der Waals surface area contributed by atoms with Crippen LogP contribution in [0.1, 0.15) is 35.7 Å². The highest BCUT2D eigenvalue weighted by Gasteiger charge is 2.16. The number of rotatable bonds is 3. The van der Waals surface area contributed by atoms with Gasteiger partial charge in [0.25, 0.3) is 5.91 Å². The van der Waals surface area contributed by atoms with Crippen LogP contribution in [0.15, 0.2) is 18.7 Å². The Hall–Kier alpha value is -1.95. The number of halogens is 1. The zero-order chi connectivity index (χ0) is 13.3. The Morgan fingerprint density at radius 1 is 1.44 bits per heavy atom. The third-order valence-electron chi connectivity index (χ3n) is 2.48. The van der Waals surface area contributed by atoms with Gasteiger partial charge in [0.2, 0.25) is 0 Å². The first-order valence-corrected chi connectivity index (χ1v) is 5.73. The van der Waals surface area contributed by atoms with E-state index in [2.05, 4.69) is 15.1 Å². The minimum atomic E-state index is -0.535. The van der Waals surface area contributed by atoms with Gasteiger partial charge in [-0.25, -0.2) is 14.6 Å². The minimum absolute atomic E-state index is 0.134. The Balaban J connectivity index is 2.56. The lowest BCUT2D eigenvalue weighted by Crippen LogP contribution is -2.10. The Bertz CT molecular complexity index is 593. The van der Waals surface area contributed by atoms with Gasteiger partial charge in [0.15, 0.2) is 5.82 Å². The quantitative estimate of drug-likeness (QED) is 0.853. The van der Waals surface area contributed by atoms with E-state index >= 15 is 0 Å². The molecule has 0 fully saturated rings. The first kappa shape index (κ1) is 12.5. The number of hydrogen-bond acceptors (Lipinski definition) is 4. The molecule has 7 heteroatoms. The van der Waals surface area contributed by atoms with Crippen molar-refractivity contribution in [1.82, 2.24) is 19.7 Å². The number of hydrogen-bond donors (Lipinski definition) is 1. The van der Waals surface area contributed by atoms with Crippen LogP contribution in [0.4, 0.5) is 0 Å². The van der Waals surface area contributed by atoms with Gasteiger partial charge < -0.3 is 5.73 Å². The van der Waals surface area contributed by atoms with E-state index in [1.54, 1.807) is 0 Å². The molecular weight excluding hydrogens is 254 g/mol. The lowest BCUT2D eigenvalue weighted by molar-refractivity contribution is 0.100. The van der Waals surface area contributed by atoms with Crippen LogP contribution in [-0.4, -0.2) is 25.7 Å². The Morgan fingerprint density at radius 3 is 2.72 bits per heavy atom. The van der Waals surface area contributed by atoms with Crippen molar-refractivity contribution in [2.75, 3.05) is 0 Å². The van der Waals surface area contributed by atoms with Crippen LogP contribution in [0.2, 0.25) is 5.15 Å². The van der Waals surface area contributed by atoms with E-state index in [4.69, 9.17) is 17.3 Å². The zero-order valence-corrected chi connectivity index (χ0v) is 10.7. The van der Waals surface area contributed by atoms with Gasteiger partial charge in [-0.2, -0.15) is 5.10 Å². The van der Waals surface area contributed by atoms with Gasteiger partial charge in [-0.15, -0.1) is 0 Å². The van der Waals surface area contributed by atoms with Crippen LogP contribution in [0, 0.1) is 0 Å². The van der Waals surface area contributed by atoms with E-state index in [0.29, 0.717) is 16.5 Å². The Labute approximate surface area is 109 Å². The fourth-order valence-corrected chi connectivity index (χ4v) is 1.96. The summed E-state index contributed by atoms with van der Waals surface area (Å²) in [7, 11) is 0. The zero-order valence-electron chi connectivity index (χ0n) is 9.96. The van der Waals surface area contributed by atoms with E-state index in [0.717, 1.165) is 5.56 Å². The summed E-state index contributed by atoms with van der Waals surface area (Å²) in [6.45, 7) is 3.96. The molecule has 0 radical (unpaired) electrons. The molecule has 94 valence electrons. The third kappa shape index (κ3) is 2.19. The molecule has 0 aliphatic heterocycles. The van der Waals surface area contributed by atoms with Crippen LogP contribution < -0.4 is 5.73 Å². The minimum Gasteiger partial charge on any atom is -0.366 e. The molecule has 0 unspecified atom stereocenters. The lowest BCUT2D eigenvalue weighted by atomic mass is 10.1. The van der Waals surface area contributed by atoms with E-state index in [9.17, 15) is 4.79 Å². The molecule has 0 saturated heterocycles. The summed E-state index contributed by atoms with van der Waals surface area (Å²) in [5.41, 5.74) is 6.28. The molecule has 18 heavy (non-hydrogen) atoms. The highest BCUT2D eigenvalue weighted by Crippen LogP contribution is 2.26. The summed E-state index contributed by atoms with van der Waals surface area (Å²) >= 11 is 6.06. The fraction of sp³-hybridized carbons (Fsp3) is 0.273. The smallest absolute Gasteiger partial charge is 0.251 e. The summed E-state index contributed by atoms with van der Waals surface area (Å²) in [6, 6.07) is 0. The van der Waals surface area contributed by atoms with E-state index in [1.807, 2.05) is 13.8 Å². The lowest BCUT2D eigenvalue weighted by Gasteiger charge is -2.12. The van der Waals surface area contributed by atoms with Gasteiger partial charge in [0.05, 0.1) is 11.8 Å². The second-order valence-electron chi connectivity index (χ2n) is 4.09. The van der Waals surface area contributed by atoms with Gasteiger partial charge >= 0.3 is 0 Å². The monoisotopic (exact) mass is 265 g/mol. The SMILES string of the molecule is CC(C)c1c(Cl)ncnc1-n1cc(C(N)=O)cn1. The largest absolute Gasteiger partial charge is 0.366 e. The molecule has 0 atom stereocenters. The molecule has 2 rings (SSSR count). The van der Waals surface area contributed by atoms with Gasteiger partial charge in [-0.05, 0) is 5.92 Å². The van der Waals surface area contributed by atoms with Gasteiger partial charge in [0, 0.05) is 11.8 Å². The standard InChI is InChI=1S/C11H12ClN5O/c1-6(2)8-9(12)14-5-15-11(8)17-4-7(3-16-17)10(13)18/h3-6H,1-2H3,(H2,13,18). The summed E-state index contributed by atoms with van der Waals surface area (Å²) in [5.74, 6) is 0.153. The molecule has 2 heterocycles. The van der Waals surface area contributed by atoms with E-state index in [1.165, 1.54) is 23.4 Å². The Morgan fingerprint density at radius 2 is 2.17 bits per heavy atom. The van der Waals surface area contributed by atoms with Crippen molar-refractivity contribution < 1.29 is 4.79 Å². The molecule has 0 aliphatic carbocycles. The summed E-state index contributed by atoms with van der Waals surface area (Å²) < 4.78 is 1.48. The molecular formula is C11H12ClN5O. The van der Waals surface area contributed by atoms with Crippen LogP contribution in [-0.2, 0) is 0 Å². The molecule has 6 nitrogen and oxygen atoms in total. The molecule has 0 bridgehead atoms. The number of primary amides is 1. The normalized spacial score (nSPS) is 10.9. The molecule has 0 aliphatic rings. The number of carbonyl (C=O) groups excluding carboxylic acids is 1. The van der Waals surface area contributed by atoms with Crippen molar-refractivity contribution in [3.05, 3.63) is 35.0 Å². The van der Waals surface area contributed by atoms with Crippen molar-refractivity contribution in [3.63, 3.8) is 0 Å². The fourth-order valence-electron chi connectivity index (χ4n) is 1.61. The Kier molecular flexibility index (Phi) is 3.29. The van der Waals surface area contributed by atoms with Crippen molar-refractivity contribution >= 4 is 17.5 Å². The summed E-state index contributed by atoms with van der Waals surface area (Å²) in [6.07, 6.45) is 4.27. The molecule has 2 aromatic heterocycles. The number of aromatic nitrogens is 4. The van der Waals surface area contributed by atoms with Crippen molar-refractivity contribution in [2.45, 2.75) is 19.8 Å². The maximum Gasteiger partial charge on any atom is 0.251 e. The second-order valence-corrected chi connectivity index (χ2v) is 4.45. The topological polar surface area (TPSA) is 86.7 Å². The van der Waals surface area contributed by atoms with Gasteiger partial charge in [-0.3, -0.25) is 4.79 Å². The first-order chi connectivity index (χ1) is 8.50. The highest BCUT2D eigenvalue weighted by atomic mass is 35.5. The van der Waals surface area contributed by atoms with E-state index in [-0.39, 0.29) is 5.92 Å². The van der Waals surface area contributed by atoms with E-state index < -0.39 is 5.91 Å². The number of carbonyl (C=O) groups is 1. The van der Waals surface area contributed by atoms with Crippen molar-refractivity contribution in [2.24, 2.45) is 5.73 Å². The van der Waals surface area contributed by atoms with Crippen LogP contribution in [0.25, 0.3) is 5.82 Å². The first-order valence-electron chi connectivity index (χ1n) is 5.36. The second kappa shape index (κ2) is 4.73. The van der Waals surface area contributed by atoms with Crippen LogP contribution in [0.3, 0.4) is 0 Å². The van der Waals surface area contributed by atoms with Crippen molar-refractivity contribution in [1.29, 1.82) is 0 Å². The van der Waals surface area contributed by atoms with Crippen LogP contribution in [0.5, 0.6) is 0 Å². The predicted molar refractivity (Wildman–Crippen MR) is 66.8 cm³/mol. The molecule has 2 N–H and O–H groups in total. The molecule has 0 saturated carbocycles. The third-order valence-corrected chi connectivity index (χ3v) is 2.78. The number of amides is 1. The van der Waals surface area contributed by atoms with Gasteiger partial charge in [0.1, 0.15) is 11.5 Å². The number of nitrogens with zero attached hydrogens (tertiary/aromatic N) is 4. The van der Waals surface area contributed by atoms with Crippen LogP contribution >= 0.6 is 11.6 Å². The summed E-state index contributed by atoms with van der Waals surface area (Å²) in [5, 5.41) is 4.44. The average molecular weight is 266 g/mol. The average Bonchev–Trinajstić information content (AvgIpc) is 2.77. The highest BCUT2D eigenvalue weighted by molar-refractivity contribution is 6.30. The predicted octanol–water partition coefficient (Wildman–Crippen LogP) is 1.54. The molecule has 0 spiro atoms. The molecule has 2 aromatic rings. The number of nitrogens with two attached hydrogens (primary N) is 1. The molecule has 1 amide bonds. The molecule has 0 aromatic carbocycles. The summed E-state index contributed by atoms with van der Waals surface area (Å²) in [4.78, 5) is 19.1. The maximum atomic E-state index is 11.0. The van der Waals surface area contributed by atoms with Gasteiger partial charge in [-0.1, -0.05) is 25.4 Å². The van der Waals surface area contributed by atoms with Crippen molar-refractivity contribution in [3.8, 4) is 5.82 Å².